The molecule has 5 rings (SSSR count). The van der Waals surface area contributed by atoms with Crippen LogP contribution in [0.3, 0.4) is 0 Å². The molecule has 1 aliphatic rings. The quantitative estimate of drug-likeness (QED) is 0.336. The van der Waals surface area contributed by atoms with E-state index >= 15 is 0 Å². The van der Waals surface area contributed by atoms with Crippen molar-refractivity contribution in [1.29, 1.82) is 21.0 Å². The maximum atomic E-state index is 9.67. The van der Waals surface area contributed by atoms with Crippen LogP contribution in [0.2, 0.25) is 0 Å². The highest BCUT2D eigenvalue weighted by Gasteiger charge is 2.32. The Labute approximate surface area is 205 Å². The Bertz CT molecular complexity index is 1680. The predicted molar refractivity (Wildman–Crippen MR) is 135 cm³/mol. The van der Waals surface area contributed by atoms with E-state index in [1.807, 2.05) is 66.2 Å². The standard InChI is InChI=1S/C28H14N6S/c1-34-23(17-7-3-2-4-8-17)12-24-28(34)33-25(35-24)11-22-26(18(13-29)14-30)20-9-5-6-10-21(20)27(22)19(15-31)16-32/h2-12H,1H3. The normalized spacial score (nSPS) is 11.9. The van der Waals surface area contributed by atoms with Gasteiger partial charge in [0.25, 0.3) is 0 Å². The number of allylic oxidation sites excluding steroid dienone is 5. The molecule has 0 atom stereocenters. The van der Waals surface area contributed by atoms with Crippen LogP contribution in [0.5, 0.6) is 0 Å². The zero-order valence-corrected chi connectivity index (χ0v) is 19.3. The van der Waals surface area contributed by atoms with Crippen molar-refractivity contribution in [2.45, 2.75) is 0 Å². The summed E-state index contributed by atoms with van der Waals surface area (Å²) in [6.45, 7) is 0. The third-order valence-corrected chi connectivity index (χ3v) is 6.83. The lowest BCUT2D eigenvalue weighted by molar-refractivity contribution is 0.959. The van der Waals surface area contributed by atoms with Gasteiger partial charge in [0.05, 0.1) is 10.4 Å². The Morgan fingerprint density at radius 3 is 1.89 bits per heavy atom. The van der Waals surface area contributed by atoms with E-state index in [9.17, 15) is 21.0 Å². The molecule has 0 bridgehead atoms. The van der Waals surface area contributed by atoms with Gasteiger partial charge in [-0.2, -0.15) is 21.0 Å². The minimum absolute atomic E-state index is 0.0820. The Hall–Kier alpha value is -5.21. The van der Waals surface area contributed by atoms with Crippen LogP contribution in [0, 0.1) is 45.3 Å². The number of hydrogen-bond acceptors (Lipinski definition) is 6. The molecule has 7 heteroatoms. The van der Waals surface area contributed by atoms with Gasteiger partial charge in [0.1, 0.15) is 40.4 Å². The van der Waals surface area contributed by atoms with Gasteiger partial charge in [0.2, 0.25) is 0 Å². The number of aromatic nitrogens is 2. The molecular formula is C28H14N6S. The molecule has 2 heterocycles. The van der Waals surface area contributed by atoms with E-state index < -0.39 is 0 Å². The van der Waals surface area contributed by atoms with Gasteiger partial charge in [-0.05, 0) is 34.4 Å². The first-order valence-corrected chi connectivity index (χ1v) is 11.4. The van der Waals surface area contributed by atoms with E-state index in [-0.39, 0.29) is 11.1 Å². The van der Waals surface area contributed by atoms with Crippen LogP contribution >= 0.6 is 11.3 Å². The first-order chi connectivity index (χ1) is 17.1. The molecule has 0 aliphatic heterocycles. The Kier molecular flexibility index (Phi) is 5.33. The fourth-order valence-corrected chi connectivity index (χ4v) is 5.35. The maximum absolute atomic E-state index is 9.67. The molecule has 0 saturated carbocycles. The summed E-state index contributed by atoms with van der Waals surface area (Å²) in [5.41, 5.74) is 5.34. The molecule has 2 aromatic heterocycles. The molecule has 0 fully saturated rings. The zero-order chi connectivity index (χ0) is 24.5. The molecule has 0 saturated heterocycles. The monoisotopic (exact) mass is 466 g/mol. The lowest BCUT2D eigenvalue weighted by Crippen LogP contribution is -1.92. The molecule has 0 amide bonds. The summed E-state index contributed by atoms with van der Waals surface area (Å²) in [6.07, 6.45) is 1.76. The Morgan fingerprint density at radius 1 is 0.829 bits per heavy atom. The second-order valence-electron chi connectivity index (χ2n) is 7.75. The van der Waals surface area contributed by atoms with E-state index in [0.717, 1.165) is 21.6 Å². The van der Waals surface area contributed by atoms with Crippen molar-refractivity contribution in [2.75, 3.05) is 0 Å². The highest BCUT2D eigenvalue weighted by molar-refractivity contribution is 7.19. The fourth-order valence-electron chi connectivity index (χ4n) is 4.37. The number of nitrogens with zero attached hydrogens (tertiary/aromatic N) is 6. The first-order valence-electron chi connectivity index (χ1n) is 10.5. The summed E-state index contributed by atoms with van der Waals surface area (Å²) in [6, 6.07) is 27.2. The fraction of sp³-hybridized carbons (Fsp3) is 0.0357. The van der Waals surface area contributed by atoms with Crippen LogP contribution in [0.15, 0.2) is 77.4 Å². The average Bonchev–Trinajstić information content (AvgIpc) is 3.53. The van der Waals surface area contributed by atoms with Crippen molar-refractivity contribution >= 4 is 38.9 Å². The summed E-state index contributed by atoms with van der Waals surface area (Å²) in [7, 11) is 1.95. The molecule has 0 N–H and O–H groups in total. The number of nitriles is 4. The lowest BCUT2D eigenvalue weighted by atomic mass is 9.96. The van der Waals surface area contributed by atoms with E-state index in [1.165, 1.54) is 11.3 Å². The van der Waals surface area contributed by atoms with Crippen molar-refractivity contribution in [3.8, 4) is 35.5 Å². The third-order valence-electron chi connectivity index (χ3n) is 5.89. The molecule has 6 nitrogen and oxygen atoms in total. The van der Waals surface area contributed by atoms with Gasteiger partial charge in [-0.1, -0.05) is 54.6 Å². The molecule has 4 aromatic rings. The van der Waals surface area contributed by atoms with Crippen molar-refractivity contribution < 1.29 is 0 Å². The molecular weight excluding hydrogens is 452 g/mol. The topological polar surface area (TPSA) is 113 Å². The number of fused-ring (bicyclic) bond motifs is 2. The van der Waals surface area contributed by atoms with Gasteiger partial charge in [0, 0.05) is 18.2 Å². The van der Waals surface area contributed by atoms with Gasteiger partial charge in [-0.3, -0.25) is 0 Å². The van der Waals surface area contributed by atoms with Crippen LogP contribution in [-0.4, -0.2) is 9.55 Å². The SMILES string of the molecule is Cn1c(-c2ccccc2)cc2sc(C=C3C(=C(C#N)C#N)c4ccccc4C3=C(C#N)C#N)nc21. The van der Waals surface area contributed by atoms with Crippen molar-refractivity contribution in [2.24, 2.45) is 7.05 Å². The third kappa shape index (κ3) is 3.41. The van der Waals surface area contributed by atoms with Crippen LogP contribution in [0.1, 0.15) is 16.1 Å². The molecule has 2 aromatic carbocycles. The second-order valence-corrected chi connectivity index (χ2v) is 8.81. The largest absolute Gasteiger partial charge is 0.328 e. The molecule has 35 heavy (non-hydrogen) atoms. The minimum Gasteiger partial charge on any atom is -0.328 e. The van der Waals surface area contributed by atoms with Gasteiger partial charge in [-0.25, -0.2) is 4.98 Å². The van der Waals surface area contributed by atoms with Crippen LogP contribution in [-0.2, 0) is 7.05 Å². The summed E-state index contributed by atoms with van der Waals surface area (Å²) in [4.78, 5) is 4.80. The molecule has 0 unspecified atom stereocenters. The lowest BCUT2D eigenvalue weighted by Gasteiger charge is -2.05. The number of hydrogen-bond donors (Lipinski definition) is 0. The first kappa shape index (κ1) is 21.6. The number of aryl methyl sites for hydroxylation is 1. The molecule has 0 radical (unpaired) electrons. The Morgan fingerprint density at radius 2 is 1.37 bits per heavy atom. The van der Waals surface area contributed by atoms with Crippen molar-refractivity contribution in [3.05, 3.63) is 93.5 Å². The number of rotatable bonds is 2. The zero-order valence-electron chi connectivity index (χ0n) is 18.4. The van der Waals surface area contributed by atoms with E-state index in [0.29, 0.717) is 32.9 Å². The molecule has 0 spiro atoms. The smallest absolute Gasteiger partial charge is 0.151 e. The van der Waals surface area contributed by atoms with Gasteiger partial charge >= 0.3 is 0 Å². The molecule has 162 valence electrons. The van der Waals surface area contributed by atoms with E-state index in [2.05, 4.69) is 6.07 Å². The number of benzene rings is 2. The second kappa shape index (κ2) is 8.62. The average molecular weight is 467 g/mol. The maximum Gasteiger partial charge on any atom is 0.151 e. The van der Waals surface area contributed by atoms with E-state index in [1.54, 1.807) is 30.3 Å². The van der Waals surface area contributed by atoms with E-state index in [4.69, 9.17) is 4.98 Å². The summed E-state index contributed by atoms with van der Waals surface area (Å²) in [5.74, 6) is 0. The van der Waals surface area contributed by atoms with Gasteiger partial charge < -0.3 is 4.57 Å². The van der Waals surface area contributed by atoms with Gasteiger partial charge in [0.15, 0.2) is 5.65 Å². The van der Waals surface area contributed by atoms with Crippen LogP contribution < -0.4 is 0 Å². The molecule has 1 aliphatic carbocycles. The highest BCUT2D eigenvalue weighted by atomic mass is 32.1. The summed E-state index contributed by atoms with van der Waals surface area (Å²) in [5, 5.41) is 39.3. The number of thiazole rings is 1. The Balaban J connectivity index is 1.76. The van der Waals surface area contributed by atoms with Crippen molar-refractivity contribution in [3.63, 3.8) is 0 Å². The van der Waals surface area contributed by atoms with Crippen LogP contribution in [0.4, 0.5) is 0 Å². The van der Waals surface area contributed by atoms with Crippen molar-refractivity contribution in [1.82, 2.24) is 9.55 Å². The highest BCUT2D eigenvalue weighted by Crippen LogP contribution is 2.49. The predicted octanol–water partition coefficient (Wildman–Crippen LogP) is 6.00. The van der Waals surface area contributed by atoms with Gasteiger partial charge in [-0.15, -0.1) is 11.3 Å². The summed E-state index contributed by atoms with van der Waals surface area (Å²) < 4.78 is 3.00. The minimum atomic E-state index is -0.0820. The summed E-state index contributed by atoms with van der Waals surface area (Å²) >= 11 is 1.47. The van der Waals surface area contributed by atoms with Crippen LogP contribution in [0.25, 0.3) is 38.8 Å².